The Morgan fingerprint density at radius 2 is 2.06 bits per heavy atom. The van der Waals surface area contributed by atoms with E-state index in [0.717, 1.165) is 36.9 Å². The van der Waals surface area contributed by atoms with Gasteiger partial charge in [-0.1, -0.05) is 32.4 Å². The van der Waals surface area contributed by atoms with Crippen molar-refractivity contribution in [1.29, 1.82) is 0 Å². The highest BCUT2D eigenvalue weighted by Crippen LogP contribution is 2.13. The van der Waals surface area contributed by atoms with Gasteiger partial charge in [0, 0.05) is 12.1 Å². The van der Waals surface area contributed by atoms with Crippen molar-refractivity contribution >= 4 is 5.91 Å². The lowest BCUT2D eigenvalue weighted by molar-refractivity contribution is 0.0932. The van der Waals surface area contributed by atoms with Crippen LogP contribution in [0.2, 0.25) is 0 Å². The fourth-order valence-electron chi connectivity index (χ4n) is 1.79. The molecule has 0 aromatic heterocycles. The van der Waals surface area contributed by atoms with E-state index in [1.54, 1.807) is 0 Å². The number of carbonyl (C=O) groups excluding carboxylic acids is 1. The molecule has 0 spiro atoms. The van der Waals surface area contributed by atoms with Crippen molar-refractivity contribution in [3.05, 3.63) is 34.9 Å². The van der Waals surface area contributed by atoms with Gasteiger partial charge in [0.2, 0.25) is 0 Å². The van der Waals surface area contributed by atoms with Crippen LogP contribution >= 0.6 is 0 Å². The molecule has 94 valence electrons. The number of benzene rings is 1. The predicted octanol–water partition coefficient (Wildman–Crippen LogP) is 2.59. The van der Waals surface area contributed by atoms with Crippen LogP contribution in [0.1, 0.15) is 48.2 Å². The zero-order chi connectivity index (χ0) is 12.7. The first-order valence-electron chi connectivity index (χ1n) is 6.32. The second-order valence-electron chi connectivity index (χ2n) is 4.18. The van der Waals surface area contributed by atoms with Gasteiger partial charge < -0.3 is 0 Å². The maximum absolute atomic E-state index is 11.9. The monoisotopic (exact) mass is 234 g/mol. The molecule has 0 heterocycles. The van der Waals surface area contributed by atoms with Gasteiger partial charge in [0.05, 0.1) is 0 Å². The molecule has 1 amide bonds. The van der Waals surface area contributed by atoms with Crippen molar-refractivity contribution in [2.24, 2.45) is 0 Å². The van der Waals surface area contributed by atoms with Crippen LogP contribution in [0.4, 0.5) is 0 Å². The van der Waals surface area contributed by atoms with Crippen LogP contribution in [0.25, 0.3) is 0 Å². The average molecular weight is 234 g/mol. The summed E-state index contributed by atoms with van der Waals surface area (Å²) in [5.41, 5.74) is 8.75. The fraction of sp³-hybridized carbons (Fsp3) is 0.500. The molecule has 0 unspecified atom stereocenters. The number of aryl methyl sites for hydroxylation is 1. The van der Waals surface area contributed by atoms with Gasteiger partial charge in [-0.3, -0.25) is 10.2 Å². The largest absolute Gasteiger partial charge is 0.287 e. The SMILES string of the molecule is CCCCNNC(=O)c1cccc(CC)c1C. The first-order chi connectivity index (χ1) is 8.20. The zero-order valence-corrected chi connectivity index (χ0v) is 11.0. The second-order valence-corrected chi connectivity index (χ2v) is 4.18. The molecule has 0 aliphatic carbocycles. The highest BCUT2D eigenvalue weighted by atomic mass is 16.2. The number of nitrogens with one attached hydrogen (secondary N) is 2. The Kier molecular flexibility index (Phi) is 5.70. The molecule has 0 saturated carbocycles. The van der Waals surface area contributed by atoms with Crippen LogP contribution in [0.5, 0.6) is 0 Å². The van der Waals surface area contributed by atoms with Gasteiger partial charge in [0.15, 0.2) is 0 Å². The summed E-state index contributed by atoms with van der Waals surface area (Å²) in [5, 5.41) is 0. The van der Waals surface area contributed by atoms with Crippen molar-refractivity contribution in [2.75, 3.05) is 6.54 Å². The molecule has 0 aliphatic rings. The van der Waals surface area contributed by atoms with E-state index in [2.05, 4.69) is 30.8 Å². The van der Waals surface area contributed by atoms with Crippen LogP contribution < -0.4 is 10.9 Å². The molecule has 2 N–H and O–H groups in total. The van der Waals surface area contributed by atoms with Gasteiger partial charge >= 0.3 is 0 Å². The third kappa shape index (κ3) is 3.86. The van der Waals surface area contributed by atoms with Crippen LogP contribution in [-0.2, 0) is 6.42 Å². The molecule has 0 bridgehead atoms. The van der Waals surface area contributed by atoms with E-state index in [1.807, 2.05) is 19.1 Å². The Morgan fingerprint density at radius 1 is 1.29 bits per heavy atom. The number of rotatable bonds is 6. The molecule has 1 aromatic rings. The topological polar surface area (TPSA) is 41.1 Å². The Hall–Kier alpha value is -1.35. The molecule has 3 nitrogen and oxygen atoms in total. The lowest BCUT2D eigenvalue weighted by Gasteiger charge is -2.11. The minimum absolute atomic E-state index is 0.0473. The van der Waals surface area contributed by atoms with Gasteiger partial charge in [-0.2, -0.15) is 0 Å². The molecule has 0 atom stereocenters. The van der Waals surface area contributed by atoms with Crippen LogP contribution in [-0.4, -0.2) is 12.5 Å². The van der Waals surface area contributed by atoms with Crippen molar-refractivity contribution in [3.63, 3.8) is 0 Å². The molecular formula is C14H22N2O. The molecule has 0 radical (unpaired) electrons. The predicted molar refractivity (Wildman–Crippen MR) is 70.9 cm³/mol. The summed E-state index contributed by atoms with van der Waals surface area (Å²) in [6.07, 6.45) is 3.14. The van der Waals surface area contributed by atoms with E-state index in [-0.39, 0.29) is 5.91 Å². The second kappa shape index (κ2) is 7.07. The van der Waals surface area contributed by atoms with Crippen molar-refractivity contribution in [1.82, 2.24) is 10.9 Å². The van der Waals surface area contributed by atoms with Gasteiger partial charge in [-0.25, -0.2) is 5.43 Å². The first-order valence-corrected chi connectivity index (χ1v) is 6.32. The Morgan fingerprint density at radius 3 is 2.71 bits per heavy atom. The molecule has 3 heteroatoms. The Bertz CT molecular complexity index is 374. The van der Waals surface area contributed by atoms with Crippen molar-refractivity contribution < 1.29 is 4.79 Å². The summed E-state index contributed by atoms with van der Waals surface area (Å²) in [6, 6.07) is 5.87. The van der Waals surface area contributed by atoms with Crippen LogP contribution in [0.15, 0.2) is 18.2 Å². The summed E-state index contributed by atoms with van der Waals surface area (Å²) >= 11 is 0. The standard InChI is InChI=1S/C14H22N2O/c1-4-6-10-15-16-14(17)13-9-7-8-12(5-2)11(13)3/h7-9,15H,4-6,10H2,1-3H3,(H,16,17). The maximum Gasteiger partial charge on any atom is 0.265 e. The highest BCUT2D eigenvalue weighted by molar-refractivity contribution is 5.95. The lowest BCUT2D eigenvalue weighted by atomic mass is 10.0. The number of hydrogen-bond donors (Lipinski definition) is 2. The third-order valence-corrected chi connectivity index (χ3v) is 2.93. The van der Waals surface area contributed by atoms with Gasteiger partial charge in [0.25, 0.3) is 5.91 Å². The first kappa shape index (κ1) is 13.7. The van der Waals surface area contributed by atoms with E-state index in [4.69, 9.17) is 0 Å². The number of carbonyl (C=O) groups is 1. The number of hydrazine groups is 1. The summed E-state index contributed by atoms with van der Waals surface area (Å²) in [5.74, 6) is -0.0473. The minimum atomic E-state index is -0.0473. The summed E-state index contributed by atoms with van der Waals surface area (Å²) in [7, 11) is 0. The van der Waals surface area contributed by atoms with Gasteiger partial charge in [-0.15, -0.1) is 0 Å². The van der Waals surface area contributed by atoms with E-state index in [9.17, 15) is 4.79 Å². The number of hydrogen-bond acceptors (Lipinski definition) is 2. The summed E-state index contributed by atoms with van der Waals surface area (Å²) in [4.78, 5) is 11.9. The zero-order valence-electron chi connectivity index (χ0n) is 11.0. The molecule has 0 fully saturated rings. The summed E-state index contributed by atoms with van der Waals surface area (Å²) < 4.78 is 0. The molecule has 1 aromatic carbocycles. The van der Waals surface area contributed by atoms with E-state index in [0.29, 0.717) is 0 Å². The Labute approximate surface area is 104 Å². The van der Waals surface area contributed by atoms with E-state index in [1.165, 1.54) is 5.56 Å². The molecule has 1 rings (SSSR count). The van der Waals surface area contributed by atoms with Crippen molar-refractivity contribution in [2.45, 2.75) is 40.0 Å². The summed E-state index contributed by atoms with van der Waals surface area (Å²) in [6.45, 7) is 7.04. The molecule has 0 aliphatic heterocycles. The number of unbranched alkanes of at least 4 members (excludes halogenated alkanes) is 1. The van der Waals surface area contributed by atoms with E-state index < -0.39 is 0 Å². The van der Waals surface area contributed by atoms with Crippen molar-refractivity contribution in [3.8, 4) is 0 Å². The van der Waals surface area contributed by atoms with Crippen LogP contribution in [0.3, 0.4) is 0 Å². The molecule has 17 heavy (non-hydrogen) atoms. The molecular weight excluding hydrogens is 212 g/mol. The van der Waals surface area contributed by atoms with Gasteiger partial charge in [-0.05, 0) is 37.0 Å². The average Bonchev–Trinajstić information content (AvgIpc) is 2.34. The lowest BCUT2D eigenvalue weighted by Crippen LogP contribution is -2.38. The number of amides is 1. The normalized spacial score (nSPS) is 10.3. The highest BCUT2D eigenvalue weighted by Gasteiger charge is 2.09. The third-order valence-electron chi connectivity index (χ3n) is 2.93. The molecule has 0 saturated heterocycles. The van der Waals surface area contributed by atoms with E-state index >= 15 is 0 Å². The van der Waals surface area contributed by atoms with Crippen LogP contribution in [0, 0.1) is 6.92 Å². The van der Waals surface area contributed by atoms with Gasteiger partial charge in [0.1, 0.15) is 0 Å². The Balaban J connectivity index is 2.62. The smallest absolute Gasteiger partial charge is 0.265 e. The minimum Gasteiger partial charge on any atom is -0.287 e. The quantitative estimate of drug-likeness (QED) is 0.587. The maximum atomic E-state index is 11.9. The fourth-order valence-corrected chi connectivity index (χ4v) is 1.79.